The molecule has 125 heavy (non-hydrogen) atoms. The molecular weight excluding hydrogens is 1650 g/mol. The summed E-state index contributed by atoms with van der Waals surface area (Å²) < 4.78 is 38.5. The molecule has 648 valence electrons. The predicted molar refractivity (Wildman–Crippen MR) is 484 cm³/mol. The van der Waals surface area contributed by atoms with Gasteiger partial charge in [-0.3, -0.25) is 35.7 Å². The molecule has 6 aromatic heterocycles. The second-order valence-corrected chi connectivity index (χ2v) is 31.6. The van der Waals surface area contributed by atoms with Gasteiger partial charge in [0.2, 0.25) is 11.9 Å². The number of carboxylic acid groups (broad SMARTS) is 1. The standard InChI is InChI=1S/C21H21N5O2.C20H19N5O3.C11H11ClN2O.C11H12N2OS.C10H12N2O3.C10H14N2O.C6H4FNO3/c1-13(27)14-5-8-18-17(11-14)22-20(25(18)2)24-21-23-16-7-6-15(12-19(16)28-21)26-9-3-4-10-26;1-24-16-7-4-12(18(26)27)10-15(16)21-19(24)23-20-22-14-6-5-13(11-17(14)28-20)25-8-2-3-9-25;12-11-13-9-4-3-8(7-10(9)15-11)14-5-1-2-6-14;15-11-12-9-4-3-8(7-10(9)14-11)13-5-1-2-6-13;13-10-7-8(11-5-1-2-6-11)3-4-9(10)12(14)15;11-9-4-3-8(7-10(9)13)12-5-1-2-6-12;7-4-1-2-5(8(10)11)6(9)3-4/h5-8,11-12H,3-4,9-10H2,1-2H3,(H,22,23,24);4-7,10-11H,2-3,8-9H2,1H3,(H,26,27)(H,21,22,23);3-4,7H,1-2,5-6H2;3-4,7H,1-2,5-6H2,(H,12,15);3-4,7,13H,1-2,5-6H2;3-4,7,13H,1-2,5-6,11H2;1-3,9H. The van der Waals surface area contributed by atoms with Crippen molar-refractivity contribution in [2.24, 2.45) is 14.1 Å². The number of fused-ring (bicyclic) bond motifs is 6. The number of hydrogen-bond donors (Lipinski definition) is 8. The van der Waals surface area contributed by atoms with Gasteiger partial charge in [-0.15, -0.1) is 0 Å². The van der Waals surface area contributed by atoms with E-state index >= 15 is 0 Å². The molecule has 36 heteroatoms. The molecule has 6 saturated heterocycles. The van der Waals surface area contributed by atoms with E-state index < -0.39 is 33.1 Å². The molecule has 6 aliphatic heterocycles. The number of carbonyl (C=O) groups excluding carboxylic acids is 1. The number of nitrogens with one attached hydrogen (secondary N) is 3. The number of benzene rings is 9. The van der Waals surface area contributed by atoms with Crippen molar-refractivity contribution in [3.05, 3.63) is 211 Å². The number of aromatic nitrogens is 8. The van der Waals surface area contributed by atoms with Crippen molar-refractivity contribution < 1.29 is 61.9 Å². The van der Waals surface area contributed by atoms with Gasteiger partial charge in [0.1, 0.15) is 28.1 Å². The van der Waals surface area contributed by atoms with Crippen LogP contribution < -0.4 is 45.8 Å². The Bertz CT molecular complexity index is 6300. The number of hydrogen-bond acceptors (Lipinski definition) is 28. The molecule has 0 bridgehead atoms. The molecule has 0 amide bonds. The third-order valence-electron chi connectivity index (χ3n) is 22.5. The number of Topliss-reactive ketones (excluding diaryl/α,β-unsaturated/α-hetero) is 1. The van der Waals surface area contributed by atoms with Crippen molar-refractivity contribution >= 4 is 177 Å². The van der Waals surface area contributed by atoms with Crippen LogP contribution in [0.25, 0.3) is 66.5 Å². The number of rotatable bonds is 14. The molecule has 15 aromatic rings. The summed E-state index contributed by atoms with van der Waals surface area (Å²) in [5.41, 5.74) is 22.3. The van der Waals surface area contributed by atoms with E-state index in [1.54, 1.807) is 49.4 Å². The first-order chi connectivity index (χ1) is 60.4. The number of nitrogen functional groups attached to an aromatic ring is 1. The Kier molecular flexibility index (Phi) is 26.4. The average Bonchev–Trinajstić information content (AvgIpc) is 1.64. The van der Waals surface area contributed by atoms with Crippen molar-refractivity contribution in [3.8, 4) is 17.2 Å². The molecule has 6 fully saturated rings. The normalized spacial score (nSPS) is 14.8. The van der Waals surface area contributed by atoms with E-state index in [1.165, 1.54) is 93.4 Å². The fraction of sp³-hybridized carbons (Fsp3) is 0.303. The maximum atomic E-state index is 12.2. The van der Waals surface area contributed by atoms with Crippen molar-refractivity contribution in [1.82, 2.24) is 39.0 Å². The molecule has 0 saturated carbocycles. The lowest BCUT2D eigenvalue weighted by Gasteiger charge is -2.17. The van der Waals surface area contributed by atoms with Crippen LogP contribution in [0.15, 0.2) is 181 Å². The Morgan fingerprint density at radius 1 is 0.448 bits per heavy atom. The van der Waals surface area contributed by atoms with Crippen LogP contribution in [0.4, 0.5) is 79.5 Å². The maximum absolute atomic E-state index is 12.2. The topological polar surface area (TPSA) is 414 Å². The second-order valence-electron chi connectivity index (χ2n) is 30.9. The summed E-state index contributed by atoms with van der Waals surface area (Å²) in [7, 11) is 3.77. The number of anilines is 11. The van der Waals surface area contributed by atoms with Gasteiger partial charge in [-0.25, -0.2) is 19.2 Å². The maximum Gasteiger partial charge on any atom is 0.335 e. The van der Waals surface area contributed by atoms with E-state index in [9.17, 15) is 44.4 Å². The monoisotopic (exact) mass is 1740 g/mol. The lowest BCUT2D eigenvalue weighted by Crippen LogP contribution is -2.17. The third kappa shape index (κ3) is 20.6. The van der Waals surface area contributed by atoms with Crippen LogP contribution in [0.5, 0.6) is 17.2 Å². The van der Waals surface area contributed by atoms with Crippen LogP contribution in [0.3, 0.4) is 0 Å². The quantitative estimate of drug-likeness (QED) is 0.0125. The Labute approximate surface area is 725 Å². The summed E-state index contributed by atoms with van der Waals surface area (Å²) in [6, 6.07) is 48.0. The smallest absolute Gasteiger partial charge is 0.335 e. The molecule has 0 radical (unpaired) electrons. The molecular formula is C89H93ClFN19O14S. The first-order valence-corrected chi connectivity index (χ1v) is 42.1. The van der Waals surface area contributed by atoms with Gasteiger partial charge in [-0.05, 0) is 217 Å². The number of ketones is 1. The number of carbonyl (C=O) groups is 2. The van der Waals surface area contributed by atoms with E-state index in [-0.39, 0.29) is 33.9 Å². The molecule has 0 unspecified atom stereocenters. The molecule has 0 aliphatic carbocycles. The highest BCUT2D eigenvalue weighted by Crippen LogP contribution is 2.37. The first-order valence-electron chi connectivity index (χ1n) is 41.3. The summed E-state index contributed by atoms with van der Waals surface area (Å²) in [4.78, 5) is 81.4. The minimum absolute atomic E-state index is 0.0230. The Morgan fingerprint density at radius 2 is 0.808 bits per heavy atom. The Balaban J connectivity index is 0.000000116. The molecule has 0 spiro atoms. The highest BCUT2D eigenvalue weighted by molar-refractivity contribution is 7.71. The predicted octanol–water partition coefficient (Wildman–Crippen LogP) is 19.1. The van der Waals surface area contributed by atoms with Crippen LogP contribution >= 0.6 is 23.8 Å². The molecule has 12 heterocycles. The fourth-order valence-electron chi connectivity index (χ4n) is 15.8. The van der Waals surface area contributed by atoms with Gasteiger partial charge in [0, 0.05) is 187 Å². The number of aromatic hydroxyl groups is 3. The number of aryl methyl sites for hydroxylation is 2. The van der Waals surface area contributed by atoms with Gasteiger partial charge < -0.3 is 87.3 Å². The van der Waals surface area contributed by atoms with Gasteiger partial charge in [0.15, 0.2) is 39.6 Å². The van der Waals surface area contributed by atoms with Crippen LogP contribution in [0, 0.1) is 30.9 Å². The van der Waals surface area contributed by atoms with Gasteiger partial charge in [0.05, 0.1) is 48.7 Å². The number of H-pyrrole nitrogens is 1. The van der Waals surface area contributed by atoms with Crippen LogP contribution in [-0.4, -0.2) is 160 Å². The van der Waals surface area contributed by atoms with E-state index in [0.717, 1.165) is 182 Å². The molecule has 9 N–H and O–H groups in total. The number of carboxylic acids is 1. The van der Waals surface area contributed by atoms with Crippen molar-refractivity contribution in [1.29, 1.82) is 0 Å². The number of imidazole rings is 2. The molecule has 0 atom stereocenters. The van der Waals surface area contributed by atoms with Crippen molar-refractivity contribution in [2.45, 2.75) is 84.0 Å². The molecule has 9 aromatic carbocycles. The summed E-state index contributed by atoms with van der Waals surface area (Å²) >= 11 is 10.7. The minimum Gasteiger partial charge on any atom is -0.506 e. The molecule has 33 nitrogen and oxygen atoms in total. The number of halogens is 2. The number of nitro benzene ring substituents is 2. The summed E-state index contributed by atoms with van der Waals surface area (Å²) in [6.07, 6.45) is 14.8. The lowest BCUT2D eigenvalue weighted by atomic mass is 10.1. The van der Waals surface area contributed by atoms with Gasteiger partial charge in [0.25, 0.3) is 10.2 Å². The molecule has 6 aliphatic rings. The van der Waals surface area contributed by atoms with Crippen molar-refractivity contribution in [3.63, 3.8) is 0 Å². The van der Waals surface area contributed by atoms with Gasteiger partial charge >= 0.3 is 29.4 Å². The number of nitrogens with zero attached hydrogens (tertiary/aromatic N) is 15. The lowest BCUT2D eigenvalue weighted by molar-refractivity contribution is -0.386. The first kappa shape index (κ1) is 85.7. The number of nitro groups is 2. The number of aromatic amines is 1. The van der Waals surface area contributed by atoms with Gasteiger partial charge in [-0.1, -0.05) is 0 Å². The van der Waals surface area contributed by atoms with Crippen molar-refractivity contribution in [2.75, 3.05) is 124 Å². The SMILES string of the molecule is CC(=O)c1ccc2c(c1)nc(Nc1nc3ccc(N4CCCC4)cc3o1)n2C.Clc1nc2ccc(N3CCCC3)cc2o1.Cn1c(Nc2nc3ccc(N4CCCC4)cc3o2)nc2cc(C(=O)O)ccc21.Nc1ccc(N2CCCC2)cc1O.O=[N+]([O-])c1ccc(F)cc1O.O=[N+]([O-])c1ccc(N2CCCC2)cc1O.S=c1[nH]c2ccc(N3CCCC3)cc2o1. The highest BCUT2D eigenvalue weighted by Gasteiger charge is 2.24. The molecule has 21 rings (SSSR count). The third-order valence-corrected chi connectivity index (χ3v) is 22.8. The Hall–Kier alpha value is -14.2. The zero-order valence-corrected chi connectivity index (χ0v) is 70.5. The number of aromatic carboxylic acids is 1. The number of phenolic OH excluding ortho intramolecular Hbond substituents is 3. The highest BCUT2D eigenvalue weighted by atomic mass is 35.5. The second kappa shape index (κ2) is 38.5. The fourth-order valence-corrected chi connectivity index (χ4v) is 16.2. The van der Waals surface area contributed by atoms with E-state index in [2.05, 4.69) is 100 Å². The van der Waals surface area contributed by atoms with E-state index in [4.69, 9.17) is 57.4 Å². The summed E-state index contributed by atoms with van der Waals surface area (Å²) in [6.45, 7) is 14.5. The average molecular weight is 1740 g/mol. The van der Waals surface area contributed by atoms with Crippen LogP contribution in [0.1, 0.15) is 105 Å². The van der Waals surface area contributed by atoms with E-state index in [1.807, 2.05) is 83.9 Å². The van der Waals surface area contributed by atoms with Gasteiger partial charge in [-0.2, -0.15) is 15.0 Å². The zero-order chi connectivity index (χ0) is 87.5. The number of oxazole rings is 4. The van der Waals surface area contributed by atoms with E-state index in [0.29, 0.717) is 51.6 Å². The van der Waals surface area contributed by atoms with Crippen LogP contribution in [-0.2, 0) is 14.1 Å². The number of nitrogens with two attached hydrogens (primary N) is 1. The zero-order valence-electron chi connectivity index (χ0n) is 68.9. The largest absolute Gasteiger partial charge is 0.506 e. The number of phenols is 3. The summed E-state index contributed by atoms with van der Waals surface area (Å²) in [5.74, 6) is -1.24. The minimum atomic E-state index is -0.977. The summed E-state index contributed by atoms with van der Waals surface area (Å²) in [5, 5.41) is 63.8. The Morgan fingerprint density at radius 3 is 1.22 bits per heavy atom. The van der Waals surface area contributed by atoms with Crippen LogP contribution in [0.2, 0.25) is 5.35 Å².